The van der Waals surface area contributed by atoms with E-state index in [1.165, 1.54) is 24.3 Å². The van der Waals surface area contributed by atoms with E-state index in [1.807, 2.05) is 18.2 Å². The van der Waals surface area contributed by atoms with E-state index in [0.717, 1.165) is 5.39 Å². The molecule has 0 spiro atoms. The lowest BCUT2D eigenvalue weighted by Crippen LogP contribution is -2.27. The van der Waals surface area contributed by atoms with Crippen molar-refractivity contribution in [3.05, 3.63) is 78.4 Å². The summed E-state index contributed by atoms with van der Waals surface area (Å²) in [7, 11) is -4.25. The summed E-state index contributed by atoms with van der Waals surface area (Å²) >= 11 is 0. The summed E-state index contributed by atoms with van der Waals surface area (Å²) < 4.78 is 66.9. The van der Waals surface area contributed by atoms with Crippen molar-refractivity contribution in [3.63, 3.8) is 0 Å². The lowest BCUT2D eigenvalue weighted by molar-refractivity contribution is -0.0600. The molecule has 1 atom stereocenters. The summed E-state index contributed by atoms with van der Waals surface area (Å²) in [6.07, 6.45) is -5.24. The van der Waals surface area contributed by atoms with Crippen molar-refractivity contribution in [3.8, 4) is 0 Å². The minimum absolute atomic E-state index is 0.104. The van der Waals surface area contributed by atoms with Gasteiger partial charge in [-0.1, -0.05) is 60.7 Å². The predicted molar refractivity (Wildman–Crippen MR) is 100 cm³/mol. The van der Waals surface area contributed by atoms with Crippen LogP contribution < -0.4 is 0 Å². The minimum Gasteiger partial charge on any atom is -0.200 e. The zero-order valence-corrected chi connectivity index (χ0v) is 15.3. The molecule has 0 fully saturated rings. The van der Waals surface area contributed by atoms with E-state index < -0.39 is 34.4 Å². The molecule has 0 bridgehead atoms. The van der Waals surface area contributed by atoms with Gasteiger partial charge in [0.2, 0.25) is 0 Å². The van der Waals surface area contributed by atoms with Crippen LogP contribution in [0.3, 0.4) is 0 Å². The first kappa shape index (κ1) is 18.5. The molecule has 0 saturated heterocycles. The second kappa shape index (κ2) is 6.63. The van der Waals surface area contributed by atoms with Crippen LogP contribution in [0.25, 0.3) is 10.8 Å². The van der Waals surface area contributed by atoms with Crippen molar-refractivity contribution in [2.45, 2.75) is 23.5 Å². The number of hydrogen-bond donors (Lipinski definition) is 0. The summed E-state index contributed by atoms with van der Waals surface area (Å²) in [4.78, 5) is -0.104. The number of fused-ring (bicyclic) bond motifs is 1. The second-order valence-corrected chi connectivity index (χ2v) is 8.22. The highest BCUT2D eigenvalue weighted by Crippen LogP contribution is 2.41. The molecule has 8 heteroatoms. The van der Waals surface area contributed by atoms with Gasteiger partial charge in [-0.15, -0.1) is 0 Å². The Hall–Kier alpha value is -2.87. The first-order valence-corrected chi connectivity index (χ1v) is 9.94. The summed E-state index contributed by atoms with van der Waals surface area (Å²) in [6, 6.07) is 18.6. The van der Waals surface area contributed by atoms with Crippen molar-refractivity contribution in [2.75, 3.05) is 0 Å². The molecule has 144 valence electrons. The SMILES string of the molecule is O=S(=O)(c1ccccc1)N1N=C(C(F)(F)F)CC1c1cccc2ccccc12. The molecule has 1 aliphatic rings. The zero-order valence-electron chi connectivity index (χ0n) is 14.5. The van der Waals surface area contributed by atoms with E-state index in [4.69, 9.17) is 0 Å². The first-order chi connectivity index (χ1) is 13.3. The second-order valence-electron chi connectivity index (χ2n) is 6.42. The van der Waals surface area contributed by atoms with Gasteiger partial charge >= 0.3 is 6.18 Å². The van der Waals surface area contributed by atoms with Gasteiger partial charge in [0, 0.05) is 6.42 Å². The molecule has 4 rings (SSSR count). The Kier molecular flexibility index (Phi) is 4.38. The van der Waals surface area contributed by atoms with Crippen LogP contribution in [0.4, 0.5) is 13.2 Å². The maximum absolute atomic E-state index is 13.4. The Labute approximate surface area is 160 Å². The fraction of sp³-hybridized carbons (Fsp3) is 0.150. The van der Waals surface area contributed by atoms with Gasteiger partial charge in [-0.05, 0) is 28.5 Å². The van der Waals surface area contributed by atoms with E-state index >= 15 is 0 Å². The Bertz CT molecular complexity index is 1150. The molecule has 0 N–H and O–H groups in total. The van der Waals surface area contributed by atoms with Crippen molar-refractivity contribution in [1.29, 1.82) is 0 Å². The number of sulfonamides is 1. The summed E-state index contributed by atoms with van der Waals surface area (Å²) in [6.45, 7) is 0. The Morgan fingerprint density at radius 1 is 0.893 bits per heavy atom. The third-order valence-electron chi connectivity index (χ3n) is 4.67. The highest BCUT2D eigenvalue weighted by atomic mass is 32.2. The van der Waals surface area contributed by atoms with Crippen LogP contribution in [-0.4, -0.2) is 24.7 Å². The van der Waals surface area contributed by atoms with Gasteiger partial charge in [0.1, 0.15) is 5.71 Å². The Morgan fingerprint density at radius 2 is 1.54 bits per heavy atom. The molecule has 4 nitrogen and oxygen atoms in total. The molecule has 1 heterocycles. The van der Waals surface area contributed by atoms with E-state index in [-0.39, 0.29) is 4.90 Å². The molecule has 3 aromatic carbocycles. The van der Waals surface area contributed by atoms with Crippen LogP contribution in [-0.2, 0) is 10.0 Å². The molecule has 0 amide bonds. The quantitative estimate of drug-likeness (QED) is 0.624. The normalized spacial score (nSPS) is 17.8. The van der Waals surface area contributed by atoms with Gasteiger partial charge in [-0.2, -0.15) is 31.1 Å². The van der Waals surface area contributed by atoms with Crippen LogP contribution in [0.2, 0.25) is 0 Å². The molecule has 0 aliphatic carbocycles. The number of hydrazone groups is 1. The van der Waals surface area contributed by atoms with Crippen LogP contribution in [0.15, 0.2) is 82.8 Å². The van der Waals surface area contributed by atoms with E-state index in [1.54, 1.807) is 30.3 Å². The first-order valence-electron chi connectivity index (χ1n) is 8.50. The highest BCUT2D eigenvalue weighted by Gasteiger charge is 2.47. The van der Waals surface area contributed by atoms with Gasteiger partial charge in [-0.25, -0.2) is 0 Å². The molecular weight excluding hydrogens is 389 g/mol. The van der Waals surface area contributed by atoms with Crippen LogP contribution >= 0.6 is 0 Å². The van der Waals surface area contributed by atoms with Crippen molar-refractivity contribution in [1.82, 2.24) is 4.41 Å². The van der Waals surface area contributed by atoms with Gasteiger partial charge < -0.3 is 0 Å². The predicted octanol–water partition coefficient (Wildman–Crippen LogP) is 4.89. The maximum atomic E-state index is 13.4. The van der Waals surface area contributed by atoms with Crippen molar-refractivity contribution >= 4 is 26.5 Å². The van der Waals surface area contributed by atoms with E-state index in [9.17, 15) is 21.6 Å². The molecule has 0 saturated carbocycles. The Balaban J connectivity index is 1.89. The minimum atomic E-state index is -4.70. The monoisotopic (exact) mass is 404 g/mol. The summed E-state index contributed by atoms with van der Waals surface area (Å²) in [5.74, 6) is 0. The molecule has 0 aromatic heterocycles. The average Bonchev–Trinajstić information content (AvgIpc) is 3.15. The van der Waals surface area contributed by atoms with Crippen molar-refractivity contribution in [2.24, 2.45) is 5.10 Å². The smallest absolute Gasteiger partial charge is 0.200 e. The van der Waals surface area contributed by atoms with Crippen LogP contribution in [0.1, 0.15) is 18.0 Å². The number of hydrogen-bond acceptors (Lipinski definition) is 3. The van der Waals surface area contributed by atoms with Crippen LogP contribution in [0.5, 0.6) is 0 Å². The van der Waals surface area contributed by atoms with Crippen LogP contribution in [0, 0.1) is 0 Å². The highest BCUT2D eigenvalue weighted by molar-refractivity contribution is 7.89. The molecule has 0 radical (unpaired) electrons. The number of benzene rings is 3. The largest absolute Gasteiger partial charge is 0.431 e. The summed E-state index contributed by atoms with van der Waals surface area (Å²) in [5, 5.41) is 5.02. The molecule has 1 unspecified atom stereocenters. The van der Waals surface area contributed by atoms with Gasteiger partial charge in [-0.3, -0.25) is 0 Å². The average molecular weight is 404 g/mol. The molecule has 28 heavy (non-hydrogen) atoms. The number of halogens is 3. The van der Waals surface area contributed by atoms with Crippen molar-refractivity contribution < 1.29 is 21.6 Å². The molecule has 1 aliphatic heterocycles. The molecule has 3 aromatic rings. The van der Waals surface area contributed by atoms with Gasteiger partial charge in [0.15, 0.2) is 0 Å². The third-order valence-corrected chi connectivity index (χ3v) is 6.37. The van der Waals surface area contributed by atoms with Gasteiger partial charge in [0.25, 0.3) is 10.0 Å². The number of nitrogens with zero attached hydrogens (tertiary/aromatic N) is 2. The maximum Gasteiger partial charge on any atom is 0.431 e. The zero-order chi connectivity index (χ0) is 19.9. The number of rotatable bonds is 3. The standard InChI is InChI=1S/C20H15F3N2O2S/c21-20(22,23)19-13-18(17-12-6-8-14-7-4-5-11-16(14)17)25(24-19)28(26,27)15-9-2-1-3-10-15/h1-12,18H,13H2. The van der Waals surface area contributed by atoms with E-state index in [0.29, 0.717) is 15.4 Å². The number of alkyl halides is 3. The fourth-order valence-corrected chi connectivity index (χ4v) is 4.80. The topological polar surface area (TPSA) is 49.7 Å². The lowest BCUT2D eigenvalue weighted by atomic mass is 9.96. The van der Waals surface area contributed by atoms with E-state index in [2.05, 4.69) is 5.10 Å². The summed E-state index contributed by atoms with van der Waals surface area (Å²) in [5.41, 5.74) is -0.620. The lowest BCUT2D eigenvalue weighted by Gasteiger charge is -2.24. The Morgan fingerprint density at radius 3 is 2.25 bits per heavy atom. The molecular formula is C20H15F3N2O2S. The fourth-order valence-electron chi connectivity index (χ4n) is 3.35. The van der Waals surface area contributed by atoms with Gasteiger partial charge in [0.05, 0.1) is 10.9 Å². The third kappa shape index (κ3) is 3.13.